The molecule has 0 saturated carbocycles. The van der Waals surface area contributed by atoms with Crippen LogP contribution in [0, 0.1) is 11.3 Å². The second-order valence-electron chi connectivity index (χ2n) is 6.69. The van der Waals surface area contributed by atoms with Crippen LogP contribution in [-0.2, 0) is 6.54 Å². The lowest BCUT2D eigenvalue weighted by molar-refractivity contribution is 0.229. The summed E-state index contributed by atoms with van der Waals surface area (Å²) in [7, 11) is 0. The molecule has 0 bridgehead atoms. The number of hydrogen-bond donors (Lipinski definition) is 1. The fourth-order valence-electron chi connectivity index (χ4n) is 2.72. The van der Waals surface area contributed by atoms with E-state index in [1.165, 1.54) is 25.1 Å². The second kappa shape index (κ2) is 6.49. The zero-order valence-electron chi connectivity index (χ0n) is 12.5. The van der Waals surface area contributed by atoms with Gasteiger partial charge >= 0.3 is 0 Å². The quantitative estimate of drug-likeness (QED) is 0.826. The van der Waals surface area contributed by atoms with Crippen LogP contribution >= 0.6 is 0 Å². The molecule has 3 heteroatoms. The summed E-state index contributed by atoms with van der Waals surface area (Å²) < 4.78 is 0. The first-order chi connectivity index (χ1) is 9.05. The number of aromatic nitrogens is 1. The lowest BCUT2D eigenvalue weighted by Crippen LogP contribution is -2.32. The molecule has 1 saturated heterocycles. The SMILES string of the molecule is CC(C)(C)C1CCN(CCNCc2cccnc2)C1. The van der Waals surface area contributed by atoms with E-state index in [1.54, 1.807) is 0 Å². The van der Waals surface area contributed by atoms with Crippen molar-refractivity contribution in [1.82, 2.24) is 15.2 Å². The topological polar surface area (TPSA) is 28.2 Å². The molecule has 1 fully saturated rings. The van der Waals surface area contributed by atoms with Gasteiger partial charge in [-0.15, -0.1) is 0 Å². The number of nitrogens with one attached hydrogen (secondary N) is 1. The van der Waals surface area contributed by atoms with E-state index in [9.17, 15) is 0 Å². The summed E-state index contributed by atoms with van der Waals surface area (Å²) in [5.41, 5.74) is 1.72. The number of likely N-dealkylation sites (tertiary alicyclic amines) is 1. The zero-order chi connectivity index (χ0) is 13.7. The van der Waals surface area contributed by atoms with Crippen molar-refractivity contribution in [3.8, 4) is 0 Å². The van der Waals surface area contributed by atoms with Crippen molar-refractivity contribution >= 4 is 0 Å². The lowest BCUT2D eigenvalue weighted by Gasteiger charge is -2.27. The zero-order valence-corrected chi connectivity index (χ0v) is 12.5. The number of pyridine rings is 1. The summed E-state index contributed by atoms with van der Waals surface area (Å²) in [6.07, 6.45) is 5.10. The van der Waals surface area contributed by atoms with Crippen LogP contribution in [0.4, 0.5) is 0 Å². The van der Waals surface area contributed by atoms with Gasteiger partial charge in [0.05, 0.1) is 0 Å². The molecule has 0 radical (unpaired) electrons. The van der Waals surface area contributed by atoms with Crippen molar-refractivity contribution < 1.29 is 0 Å². The summed E-state index contributed by atoms with van der Waals surface area (Å²) in [6.45, 7) is 12.8. The van der Waals surface area contributed by atoms with Crippen molar-refractivity contribution in [2.45, 2.75) is 33.7 Å². The Labute approximate surface area is 117 Å². The minimum absolute atomic E-state index is 0.456. The monoisotopic (exact) mass is 261 g/mol. The van der Waals surface area contributed by atoms with Crippen molar-refractivity contribution in [2.75, 3.05) is 26.2 Å². The molecule has 1 unspecified atom stereocenters. The molecular weight excluding hydrogens is 234 g/mol. The summed E-state index contributed by atoms with van der Waals surface area (Å²) in [6, 6.07) is 4.11. The third-order valence-electron chi connectivity index (χ3n) is 4.15. The summed E-state index contributed by atoms with van der Waals surface area (Å²) >= 11 is 0. The maximum absolute atomic E-state index is 4.13. The van der Waals surface area contributed by atoms with Gasteiger partial charge < -0.3 is 10.2 Å². The largest absolute Gasteiger partial charge is 0.311 e. The van der Waals surface area contributed by atoms with Crippen LogP contribution in [0.3, 0.4) is 0 Å². The average molecular weight is 261 g/mol. The Morgan fingerprint density at radius 2 is 2.26 bits per heavy atom. The second-order valence-corrected chi connectivity index (χ2v) is 6.69. The molecule has 1 aliphatic heterocycles. The van der Waals surface area contributed by atoms with Gasteiger partial charge in [-0.3, -0.25) is 4.98 Å². The Balaban J connectivity index is 1.62. The third kappa shape index (κ3) is 4.59. The molecule has 1 aliphatic rings. The maximum atomic E-state index is 4.13. The summed E-state index contributed by atoms with van der Waals surface area (Å²) in [5.74, 6) is 0.853. The van der Waals surface area contributed by atoms with E-state index in [-0.39, 0.29) is 0 Å². The molecule has 1 atom stereocenters. The van der Waals surface area contributed by atoms with Crippen LogP contribution in [-0.4, -0.2) is 36.1 Å². The van der Waals surface area contributed by atoms with Crippen molar-refractivity contribution in [2.24, 2.45) is 11.3 Å². The molecule has 106 valence electrons. The third-order valence-corrected chi connectivity index (χ3v) is 4.15. The standard InChI is InChI=1S/C16H27N3/c1-16(2,3)15-6-9-19(13-15)10-8-18-12-14-5-4-7-17-11-14/h4-5,7,11,15,18H,6,8-10,12-13H2,1-3H3. The Bertz CT molecular complexity index is 369. The maximum Gasteiger partial charge on any atom is 0.0312 e. The van der Waals surface area contributed by atoms with Crippen LogP contribution in [0.1, 0.15) is 32.8 Å². The molecule has 0 aromatic carbocycles. The fraction of sp³-hybridized carbons (Fsp3) is 0.688. The smallest absolute Gasteiger partial charge is 0.0312 e. The molecule has 0 aliphatic carbocycles. The highest BCUT2D eigenvalue weighted by Crippen LogP contribution is 2.33. The molecular formula is C16H27N3. The van der Waals surface area contributed by atoms with E-state index < -0.39 is 0 Å². The van der Waals surface area contributed by atoms with Gasteiger partial charge in [0.25, 0.3) is 0 Å². The average Bonchev–Trinajstić information content (AvgIpc) is 2.85. The molecule has 0 spiro atoms. The fourth-order valence-corrected chi connectivity index (χ4v) is 2.72. The predicted molar refractivity (Wildman–Crippen MR) is 79.9 cm³/mol. The highest BCUT2D eigenvalue weighted by molar-refractivity contribution is 5.07. The molecule has 19 heavy (non-hydrogen) atoms. The summed E-state index contributed by atoms with van der Waals surface area (Å²) in [4.78, 5) is 6.72. The Morgan fingerprint density at radius 3 is 2.89 bits per heavy atom. The lowest BCUT2D eigenvalue weighted by atomic mass is 9.80. The molecule has 2 heterocycles. The molecule has 3 nitrogen and oxygen atoms in total. The van der Waals surface area contributed by atoms with Gasteiger partial charge in [0, 0.05) is 38.6 Å². The molecule has 1 N–H and O–H groups in total. The predicted octanol–water partition coefficient (Wildman–Crippen LogP) is 2.54. The van der Waals surface area contributed by atoms with Gasteiger partial charge in [-0.05, 0) is 35.9 Å². The van der Waals surface area contributed by atoms with E-state index in [1.807, 2.05) is 18.5 Å². The van der Waals surface area contributed by atoms with Gasteiger partial charge in [-0.25, -0.2) is 0 Å². The van der Waals surface area contributed by atoms with Crippen molar-refractivity contribution in [3.63, 3.8) is 0 Å². The highest BCUT2D eigenvalue weighted by Gasteiger charge is 2.31. The van der Waals surface area contributed by atoms with Gasteiger partial charge in [-0.1, -0.05) is 26.8 Å². The van der Waals surface area contributed by atoms with Crippen LogP contribution in [0.5, 0.6) is 0 Å². The normalized spacial score (nSPS) is 20.9. The first-order valence-corrected chi connectivity index (χ1v) is 7.37. The van der Waals surface area contributed by atoms with Crippen molar-refractivity contribution in [1.29, 1.82) is 0 Å². The Kier molecular flexibility index (Phi) is 4.94. The Hall–Kier alpha value is -0.930. The highest BCUT2D eigenvalue weighted by atomic mass is 15.2. The van der Waals surface area contributed by atoms with Crippen LogP contribution in [0.2, 0.25) is 0 Å². The number of nitrogens with zero attached hydrogens (tertiary/aromatic N) is 2. The van der Waals surface area contributed by atoms with E-state index in [0.717, 1.165) is 25.6 Å². The van der Waals surface area contributed by atoms with E-state index in [2.05, 4.69) is 42.0 Å². The first-order valence-electron chi connectivity index (χ1n) is 7.37. The molecule has 0 amide bonds. The first kappa shape index (κ1) is 14.5. The van der Waals surface area contributed by atoms with Gasteiger partial charge in [0.2, 0.25) is 0 Å². The van der Waals surface area contributed by atoms with E-state index in [4.69, 9.17) is 0 Å². The van der Waals surface area contributed by atoms with Crippen molar-refractivity contribution in [3.05, 3.63) is 30.1 Å². The molecule has 1 aromatic rings. The van der Waals surface area contributed by atoms with Crippen LogP contribution in [0.25, 0.3) is 0 Å². The minimum atomic E-state index is 0.456. The Morgan fingerprint density at radius 1 is 1.42 bits per heavy atom. The van der Waals surface area contributed by atoms with E-state index in [0.29, 0.717) is 5.41 Å². The molecule has 2 rings (SSSR count). The van der Waals surface area contributed by atoms with Gasteiger partial charge in [0.1, 0.15) is 0 Å². The minimum Gasteiger partial charge on any atom is -0.311 e. The van der Waals surface area contributed by atoms with Crippen LogP contribution in [0.15, 0.2) is 24.5 Å². The van der Waals surface area contributed by atoms with Crippen LogP contribution < -0.4 is 5.32 Å². The summed E-state index contributed by atoms with van der Waals surface area (Å²) in [5, 5.41) is 3.50. The molecule has 1 aromatic heterocycles. The number of hydrogen-bond acceptors (Lipinski definition) is 3. The van der Waals surface area contributed by atoms with Gasteiger partial charge in [0.15, 0.2) is 0 Å². The van der Waals surface area contributed by atoms with Gasteiger partial charge in [-0.2, -0.15) is 0 Å². The van der Waals surface area contributed by atoms with E-state index >= 15 is 0 Å². The number of rotatable bonds is 5.